The summed E-state index contributed by atoms with van der Waals surface area (Å²) >= 11 is 12.6. The quantitative estimate of drug-likeness (QED) is 0.152. The Morgan fingerprint density at radius 2 is 1.59 bits per heavy atom. The van der Waals surface area contributed by atoms with E-state index >= 15 is 0 Å². The van der Waals surface area contributed by atoms with Gasteiger partial charge < -0.3 is 19.5 Å². The second-order valence-electron chi connectivity index (χ2n) is 8.74. The van der Waals surface area contributed by atoms with Gasteiger partial charge in [0.15, 0.2) is 5.75 Å². The summed E-state index contributed by atoms with van der Waals surface area (Å²) in [5, 5.41) is 11.7. The molecule has 4 aromatic rings. The molecule has 0 spiro atoms. The molecule has 1 unspecified atom stereocenters. The first kappa shape index (κ1) is 26.3. The van der Waals surface area contributed by atoms with Crippen LogP contribution in [0.1, 0.15) is 22.7 Å². The van der Waals surface area contributed by atoms with E-state index in [1.165, 1.54) is 24.1 Å². The molecule has 1 aliphatic rings. The highest BCUT2D eigenvalue weighted by Crippen LogP contribution is 2.43. The number of ether oxygens (including phenoxy) is 2. The number of likely N-dealkylation sites (tertiary alicyclic amines) is 1. The number of Topliss-reactive ketones (excluding diaryl/α,β-unsaturated/α-hetero) is 1. The van der Waals surface area contributed by atoms with Crippen LogP contribution in [0.25, 0.3) is 5.76 Å². The Balaban J connectivity index is 1.64. The Hall–Kier alpha value is -4.33. The van der Waals surface area contributed by atoms with Crippen LogP contribution in [0, 0.1) is 0 Å². The van der Waals surface area contributed by atoms with E-state index in [1.807, 2.05) is 30.3 Å². The van der Waals surface area contributed by atoms with Crippen molar-refractivity contribution in [1.82, 2.24) is 9.88 Å². The number of aliphatic hydroxyl groups excluding tert-OH is 1. The SMILES string of the molecule is COc1c(Cl)cc(/C(O)=C2\C(=O)C(=O)N(Cc3ccncc3)C2c2cccc(Oc3ccccc3)c2)cc1Cl. The summed E-state index contributed by atoms with van der Waals surface area (Å²) in [6.45, 7) is 0.114. The van der Waals surface area contributed by atoms with Gasteiger partial charge in [0, 0.05) is 24.5 Å². The van der Waals surface area contributed by atoms with Crippen molar-refractivity contribution in [3.05, 3.63) is 124 Å². The molecule has 0 aliphatic carbocycles. The van der Waals surface area contributed by atoms with Gasteiger partial charge in [-0.1, -0.05) is 53.5 Å². The predicted octanol–water partition coefficient (Wildman–Crippen LogP) is 6.81. The van der Waals surface area contributed by atoms with E-state index < -0.39 is 23.5 Å². The average molecular weight is 561 g/mol. The first-order valence-corrected chi connectivity index (χ1v) is 12.7. The number of carbonyl (C=O) groups excluding carboxylic acids is 2. The number of benzene rings is 3. The molecule has 1 aromatic heterocycles. The van der Waals surface area contributed by atoms with Crippen LogP contribution in [0.3, 0.4) is 0 Å². The van der Waals surface area contributed by atoms with Crippen molar-refractivity contribution in [2.45, 2.75) is 12.6 Å². The van der Waals surface area contributed by atoms with Crippen molar-refractivity contribution in [3.63, 3.8) is 0 Å². The molecule has 5 rings (SSSR count). The van der Waals surface area contributed by atoms with Crippen LogP contribution in [0.4, 0.5) is 0 Å². The monoisotopic (exact) mass is 560 g/mol. The number of hydrogen-bond acceptors (Lipinski definition) is 6. The zero-order valence-electron chi connectivity index (χ0n) is 20.7. The molecule has 9 heteroatoms. The molecule has 3 aromatic carbocycles. The number of hydrogen-bond donors (Lipinski definition) is 1. The predicted molar refractivity (Wildman–Crippen MR) is 148 cm³/mol. The Bertz CT molecular complexity index is 1550. The van der Waals surface area contributed by atoms with Gasteiger partial charge in [-0.25, -0.2) is 0 Å². The number of carbonyl (C=O) groups is 2. The molecule has 1 saturated heterocycles. The largest absolute Gasteiger partial charge is 0.507 e. The summed E-state index contributed by atoms with van der Waals surface area (Å²) in [7, 11) is 1.42. The standard InChI is InChI=1S/C30H22Cl2N2O5/c1-38-29-23(31)15-20(16-24(29)32)27(35)25-26(34(30(37)28(25)36)17-18-10-12-33-13-11-18)19-6-5-9-22(14-19)39-21-7-3-2-4-8-21/h2-16,26,35H,17H2,1H3/b27-25+. The van der Waals surface area contributed by atoms with Crippen molar-refractivity contribution in [2.24, 2.45) is 0 Å². The number of pyridine rings is 1. The van der Waals surface area contributed by atoms with Gasteiger partial charge in [-0.2, -0.15) is 0 Å². The first-order valence-electron chi connectivity index (χ1n) is 11.9. The Morgan fingerprint density at radius 3 is 2.26 bits per heavy atom. The number of ketones is 1. The Labute approximate surface area is 234 Å². The molecular weight excluding hydrogens is 539 g/mol. The van der Waals surface area contributed by atoms with E-state index in [2.05, 4.69) is 4.98 Å². The molecule has 1 aliphatic heterocycles. The fourth-order valence-electron chi connectivity index (χ4n) is 4.49. The average Bonchev–Trinajstić information content (AvgIpc) is 3.18. The summed E-state index contributed by atoms with van der Waals surface area (Å²) < 4.78 is 11.2. The molecule has 0 saturated carbocycles. The topological polar surface area (TPSA) is 89.0 Å². The van der Waals surface area contributed by atoms with Crippen molar-refractivity contribution in [1.29, 1.82) is 0 Å². The van der Waals surface area contributed by atoms with Gasteiger partial charge in [-0.15, -0.1) is 0 Å². The van der Waals surface area contributed by atoms with Crippen LogP contribution in [-0.2, 0) is 16.1 Å². The van der Waals surface area contributed by atoms with Gasteiger partial charge >= 0.3 is 0 Å². The zero-order chi connectivity index (χ0) is 27.5. The maximum absolute atomic E-state index is 13.4. The number of aliphatic hydroxyl groups is 1. The van der Waals surface area contributed by atoms with Crippen molar-refractivity contribution in [2.75, 3.05) is 7.11 Å². The van der Waals surface area contributed by atoms with Crippen LogP contribution < -0.4 is 9.47 Å². The normalized spacial score (nSPS) is 16.4. The van der Waals surface area contributed by atoms with Crippen molar-refractivity contribution < 1.29 is 24.2 Å². The minimum absolute atomic E-state index is 0.0942. The Morgan fingerprint density at radius 1 is 0.923 bits per heavy atom. The van der Waals surface area contributed by atoms with Gasteiger partial charge in [0.25, 0.3) is 11.7 Å². The number of amides is 1. The summed E-state index contributed by atoms with van der Waals surface area (Å²) in [6.07, 6.45) is 3.22. The third-order valence-corrected chi connectivity index (χ3v) is 6.83. The smallest absolute Gasteiger partial charge is 0.295 e. The van der Waals surface area contributed by atoms with E-state index in [-0.39, 0.29) is 33.5 Å². The molecule has 1 amide bonds. The minimum atomic E-state index is -0.919. The van der Waals surface area contributed by atoms with Crippen LogP contribution in [0.15, 0.2) is 96.8 Å². The number of halogens is 2. The van der Waals surface area contributed by atoms with Gasteiger partial charge in [0.05, 0.1) is 28.8 Å². The van der Waals surface area contributed by atoms with Gasteiger partial charge in [-0.3, -0.25) is 14.6 Å². The lowest BCUT2D eigenvalue weighted by Crippen LogP contribution is -2.29. The van der Waals surface area contributed by atoms with Gasteiger partial charge in [-0.05, 0) is 59.7 Å². The van der Waals surface area contributed by atoms with Gasteiger partial charge in [0.2, 0.25) is 0 Å². The molecule has 0 bridgehead atoms. The molecule has 1 N–H and O–H groups in total. The molecule has 0 radical (unpaired) electrons. The van der Waals surface area contributed by atoms with Crippen LogP contribution in [0.2, 0.25) is 10.0 Å². The minimum Gasteiger partial charge on any atom is -0.507 e. The van der Waals surface area contributed by atoms with E-state index in [0.29, 0.717) is 17.1 Å². The summed E-state index contributed by atoms with van der Waals surface area (Å²) in [6, 6.07) is 21.7. The fourth-order valence-corrected chi connectivity index (χ4v) is 5.14. The third kappa shape index (κ3) is 5.32. The van der Waals surface area contributed by atoms with Crippen LogP contribution in [-0.4, -0.2) is 33.8 Å². The number of nitrogens with zero attached hydrogens (tertiary/aromatic N) is 2. The number of rotatable bonds is 7. The highest BCUT2D eigenvalue weighted by molar-refractivity contribution is 6.46. The zero-order valence-corrected chi connectivity index (χ0v) is 22.2. The molecular formula is C30H22Cl2N2O5. The molecule has 39 heavy (non-hydrogen) atoms. The van der Waals surface area contributed by atoms with Crippen LogP contribution in [0.5, 0.6) is 17.2 Å². The lowest BCUT2D eigenvalue weighted by atomic mass is 9.95. The van der Waals surface area contributed by atoms with Crippen molar-refractivity contribution in [3.8, 4) is 17.2 Å². The summed E-state index contributed by atoms with van der Waals surface area (Å²) in [5.74, 6) is -0.624. The Kier molecular flexibility index (Phi) is 7.54. The highest BCUT2D eigenvalue weighted by atomic mass is 35.5. The second-order valence-corrected chi connectivity index (χ2v) is 9.56. The first-order chi connectivity index (χ1) is 18.9. The lowest BCUT2D eigenvalue weighted by Gasteiger charge is -2.26. The molecule has 196 valence electrons. The molecule has 7 nitrogen and oxygen atoms in total. The summed E-state index contributed by atoms with van der Waals surface area (Å²) in [5.41, 5.74) is 1.42. The van der Waals surface area contributed by atoms with Crippen molar-refractivity contribution >= 4 is 40.7 Å². The lowest BCUT2D eigenvalue weighted by molar-refractivity contribution is -0.140. The van der Waals surface area contributed by atoms with E-state index in [0.717, 1.165) is 5.56 Å². The van der Waals surface area contributed by atoms with E-state index in [9.17, 15) is 14.7 Å². The summed E-state index contributed by atoms with van der Waals surface area (Å²) in [4.78, 5) is 32.2. The van der Waals surface area contributed by atoms with E-state index in [4.69, 9.17) is 32.7 Å². The molecule has 2 heterocycles. The highest BCUT2D eigenvalue weighted by Gasteiger charge is 2.46. The number of aromatic nitrogens is 1. The number of methoxy groups -OCH3 is 1. The fraction of sp³-hybridized carbons (Fsp3) is 0.100. The maximum Gasteiger partial charge on any atom is 0.295 e. The van der Waals surface area contributed by atoms with Gasteiger partial charge in [0.1, 0.15) is 17.3 Å². The third-order valence-electron chi connectivity index (χ3n) is 6.27. The second kappa shape index (κ2) is 11.2. The molecule has 1 fully saturated rings. The molecule has 1 atom stereocenters. The van der Waals surface area contributed by atoms with Crippen LogP contribution >= 0.6 is 23.2 Å². The maximum atomic E-state index is 13.4. The number of para-hydroxylation sites is 1. The van der Waals surface area contributed by atoms with E-state index in [1.54, 1.807) is 48.8 Å².